The quantitative estimate of drug-likeness (QED) is 0.800. The summed E-state index contributed by atoms with van der Waals surface area (Å²) in [5.41, 5.74) is 1.12. The molecule has 1 unspecified atom stereocenters. The zero-order valence-corrected chi connectivity index (χ0v) is 10.4. The fourth-order valence-electron chi connectivity index (χ4n) is 1.84. The third-order valence-corrected chi connectivity index (χ3v) is 3.54. The first-order valence-corrected chi connectivity index (χ1v) is 6.58. The second kappa shape index (κ2) is 6.13. The number of nitrogens with zero attached hydrogens (tertiary/aromatic N) is 1. The molecule has 0 bridgehead atoms. The Kier molecular flexibility index (Phi) is 4.51. The number of hydrogen-bond acceptors (Lipinski definition) is 4. The molecule has 0 aromatic carbocycles. The summed E-state index contributed by atoms with van der Waals surface area (Å²) in [4.78, 5) is 4.49. The van der Waals surface area contributed by atoms with Crippen LogP contribution in [0.3, 0.4) is 0 Å². The minimum Gasteiger partial charge on any atom is -0.378 e. The first-order valence-electron chi connectivity index (χ1n) is 5.71. The SMILES string of the molecule is COCc1nc(CNC2C=CCCC2)cs1. The summed E-state index contributed by atoms with van der Waals surface area (Å²) >= 11 is 1.67. The first-order chi connectivity index (χ1) is 7.88. The zero-order valence-electron chi connectivity index (χ0n) is 9.61. The highest BCUT2D eigenvalue weighted by Crippen LogP contribution is 2.13. The molecule has 1 aliphatic carbocycles. The third kappa shape index (κ3) is 3.40. The number of rotatable bonds is 5. The summed E-state index contributed by atoms with van der Waals surface area (Å²) in [5, 5.41) is 6.67. The Morgan fingerprint density at radius 2 is 2.56 bits per heavy atom. The van der Waals surface area contributed by atoms with Gasteiger partial charge in [0.2, 0.25) is 0 Å². The molecule has 0 fully saturated rings. The third-order valence-electron chi connectivity index (χ3n) is 2.67. The molecule has 88 valence electrons. The van der Waals surface area contributed by atoms with E-state index in [0.29, 0.717) is 12.6 Å². The van der Waals surface area contributed by atoms with Gasteiger partial charge in [0.25, 0.3) is 0 Å². The maximum atomic E-state index is 5.05. The molecule has 0 amide bonds. The molecular weight excluding hydrogens is 220 g/mol. The molecule has 1 aliphatic rings. The average molecular weight is 238 g/mol. The lowest BCUT2D eigenvalue weighted by atomic mass is 10.0. The summed E-state index contributed by atoms with van der Waals surface area (Å²) in [5.74, 6) is 0. The Morgan fingerprint density at radius 3 is 3.31 bits per heavy atom. The lowest BCUT2D eigenvalue weighted by Crippen LogP contribution is -2.27. The van der Waals surface area contributed by atoms with Crippen LogP contribution < -0.4 is 5.32 Å². The fraction of sp³-hybridized carbons (Fsp3) is 0.583. The monoisotopic (exact) mass is 238 g/mol. The molecule has 2 rings (SSSR count). The Bertz CT molecular complexity index is 349. The van der Waals surface area contributed by atoms with Crippen LogP contribution in [0.2, 0.25) is 0 Å². The molecule has 1 aromatic heterocycles. The molecule has 1 aromatic rings. The number of thiazole rings is 1. The van der Waals surface area contributed by atoms with Crippen molar-refractivity contribution in [1.29, 1.82) is 0 Å². The van der Waals surface area contributed by atoms with Crippen molar-refractivity contribution in [2.24, 2.45) is 0 Å². The first kappa shape index (κ1) is 11.8. The Labute approximate surface area is 101 Å². The second-order valence-corrected chi connectivity index (χ2v) is 4.95. The van der Waals surface area contributed by atoms with Gasteiger partial charge in [0, 0.05) is 25.1 Å². The molecule has 0 aliphatic heterocycles. The van der Waals surface area contributed by atoms with Gasteiger partial charge in [-0.1, -0.05) is 12.2 Å². The Hall–Kier alpha value is -0.710. The largest absolute Gasteiger partial charge is 0.378 e. The minimum atomic E-state index is 0.529. The van der Waals surface area contributed by atoms with E-state index in [2.05, 4.69) is 27.8 Å². The van der Waals surface area contributed by atoms with Crippen molar-refractivity contribution in [3.8, 4) is 0 Å². The Morgan fingerprint density at radius 1 is 1.62 bits per heavy atom. The molecule has 4 heteroatoms. The number of allylic oxidation sites excluding steroid dienone is 1. The molecule has 1 heterocycles. The number of hydrogen-bond donors (Lipinski definition) is 1. The van der Waals surface area contributed by atoms with Crippen molar-refractivity contribution < 1.29 is 4.74 Å². The fourth-order valence-corrected chi connectivity index (χ4v) is 2.60. The molecule has 0 saturated carbocycles. The predicted molar refractivity (Wildman–Crippen MR) is 66.4 cm³/mol. The lowest BCUT2D eigenvalue weighted by Gasteiger charge is -2.17. The molecule has 1 atom stereocenters. The van der Waals surface area contributed by atoms with E-state index in [1.165, 1.54) is 19.3 Å². The van der Waals surface area contributed by atoms with Gasteiger partial charge in [0.05, 0.1) is 12.3 Å². The van der Waals surface area contributed by atoms with E-state index < -0.39 is 0 Å². The summed E-state index contributed by atoms with van der Waals surface area (Å²) in [7, 11) is 1.70. The van der Waals surface area contributed by atoms with Crippen molar-refractivity contribution in [3.63, 3.8) is 0 Å². The van der Waals surface area contributed by atoms with Crippen LogP contribution in [-0.4, -0.2) is 18.1 Å². The van der Waals surface area contributed by atoms with Gasteiger partial charge in [-0.2, -0.15) is 0 Å². The molecule has 0 spiro atoms. The van der Waals surface area contributed by atoms with Gasteiger partial charge >= 0.3 is 0 Å². The van der Waals surface area contributed by atoms with E-state index in [4.69, 9.17) is 4.74 Å². The van der Waals surface area contributed by atoms with Gasteiger partial charge < -0.3 is 10.1 Å². The van der Waals surface area contributed by atoms with Crippen molar-refractivity contribution in [2.75, 3.05) is 7.11 Å². The second-order valence-electron chi connectivity index (χ2n) is 4.01. The number of aromatic nitrogens is 1. The van der Waals surface area contributed by atoms with Gasteiger partial charge in [-0.15, -0.1) is 11.3 Å². The van der Waals surface area contributed by atoms with Gasteiger partial charge in [0.15, 0.2) is 0 Å². The van der Waals surface area contributed by atoms with E-state index in [1.807, 2.05) is 0 Å². The van der Waals surface area contributed by atoms with E-state index in [-0.39, 0.29) is 0 Å². The van der Waals surface area contributed by atoms with Crippen LogP contribution in [0.5, 0.6) is 0 Å². The van der Waals surface area contributed by atoms with Crippen LogP contribution in [0.4, 0.5) is 0 Å². The molecule has 3 nitrogen and oxygen atoms in total. The highest BCUT2D eigenvalue weighted by Gasteiger charge is 2.08. The molecule has 1 N–H and O–H groups in total. The number of nitrogens with one attached hydrogen (secondary N) is 1. The van der Waals surface area contributed by atoms with Gasteiger partial charge in [-0.3, -0.25) is 0 Å². The molecule has 0 radical (unpaired) electrons. The van der Waals surface area contributed by atoms with Gasteiger partial charge in [-0.25, -0.2) is 4.98 Å². The highest BCUT2D eigenvalue weighted by molar-refractivity contribution is 7.09. The molecule has 0 saturated heterocycles. The number of ether oxygens (including phenoxy) is 1. The van der Waals surface area contributed by atoms with E-state index in [0.717, 1.165) is 17.2 Å². The van der Waals surface area contributed by atoms with Crippen LogP contribution in [0, 0.1) is 0 Å². The smallest absolute Gasteiger partial charge is 0.119 e. The van der Waals surface area contributed by atoms with Crippen molar-refractivity contribution in [3.05, 3.63) is 28.2 Å². The normalized spacial score (nSPS) is 20.2. The predicted octanol–water partition coefficient (Wildman–Crippen LogP) is 2.49. The van der Waals surface area contributed by atoms with Gasteiger partial charge in [0.1, 0.15) is 5.01 Å². The van der Waals surface area contributed by atoms with Crippen molar-refractivity contribution in [2.45, 2.75) is 38.5 Å². The van der Waals surface area contributed by atoms with Crippen molar-refractivity contribution in [1.82, 2.24) is 10.3 Å². The van der Waals surface area contributed by atoms with E-state index in [1.54, 1.807) is 18.4 Å². The summed E-state index contributed by atoms with van der Waals surface area (Å²) in [6, 6.07) is 0.529. The summed E-state index contributed by atoms with van der Waals surface area (Å²) in [6.07, 6.45) is 8.29. The average Bonchev–Trinajstić information content (AvgIpc) is 2.76. The maximum absolute atomic E-state index is 5.05. The maximum Gasteiger partial charge on any atom is 0.119 e. The van der Waals surface area contributed by atoms with Crippen LogP contribution >= 0.6 is 11.3 Å². The van der Waals surface area contributed by atoms with Crippen LogP contribution in [0.1, 0.15) is 30.0 Å². The lowest BCUT2D eigenvalue weighted by molar-refractivity contribution is 0.184. The van der Waals surface area contributed by atoms with Crippen LogP contribution in [0.15, 0.2) is 17.5 Å². The molecular formula is C12H18N2OS. The van der Waals surface area contributed by atoms with Crippen molar-refractivity contribution >= 4 is 11.3 Å². The molecule has 16 heavy (non-hydrogen) atoms. The minimum absolute atomic E-state index is 0.529. The van der Waals surface area contributed by atoms with E-state index >= 15 is 0 Å². The van der Waals surface area contributed by atoms with Crippen LogP contribution in [0.25, 0.3) is 0 Å². The van der Waals surface area contributed by atoms with Gasteiger partial charge in [-0.05, 0) is 19.3 Å². The standard InChI is InChI=1S/C12H18N2OS/c1-15-8-12-14-11(9-16-12)7-13-10-5-3-2-4-6-10/h3,5,9-10,13H,2,4,6-8H2,1H3. The zero-order chi connectivity index (χ0) is 11.2. The van der Waals surface area contributed by atoms with Crippen LogP contribution in [-0.2, 0) is 17.9 Å². The van der Waals surface area contributed by atoms with E-state index in [9.17, 15) is 0 Å². The summed E-state index contributed by atoms with van der Waals surface area (Å²) in [6.45, 7) is 1.48. The highest BCUT2D eigenvalue weighted by atomic mass is 32.1. The Balaban J connectivity index is 1.79. The summed E-state index contributed by atoms with van der Waals surface area (Å²) < 4.78 is 5.05. The topological polar surface area (TPSA) is 34.1 Å². The number of methoxy groups -OCH3 is 1.